The fourth-order valence-electron chi connectivity index (χ4n) is 1.51. The van der Waals surface area contributed by atoms with E-state index in [1.165, 1.54) is 6.92 Å². The number of nitro benzene ring substituents is 1. The molecule has 17 heavy (non-hydrogen) atoms. The van der Waals surface area contributed by atoms with Crippen molar-refractivity contribution in [3.05, 3.63) is 39.4 Å². The second-order valence-electron chi connectivity index (χ2n) is 3.38. The molecule has 92 valence electrons. The summed E-state index contributed by atoms with van der Waals surface area (Å²) < 4.78 is 26.9. The van der Waals surface area contributed by atoms with Crippen LogP contribution in [0.15, 0.2) is 12.1 Å². The lowest BCUT2D eigenvalue weighted by Crippen LogP contribution is -2.14. The summed E-state index contributed by atoms with van der Waals surface area (Å²) in [5, 5.41) is 19.1. The standard InChI is InChI=1S/C10H9F2NO4/c1-2-6(10(14)15)9-7(11)3-5(13(16)17)4-8(9)12/h3-4,6H,2H2,1H3,(H,14,15). The van der Waals surface area contributed by atoms with E-state index in [1.807, 2.05) is 0 Å². The van der Waals surface area contributed by atoms with Gasteiger partial charge in [-0.15, -0.1) is 0 Å². The molecular weight excluding hydrogens is 236 g/mol. The van der Waals surface area contributed by atoms with E-state index in [0.717, 1.165) is 0 Å². The van der Waals surface area contributed by atoms with Gasteiger partial charge in [-0.25, -0.2) is 8.78 Å². The molecule has 5 nitrogen and oxygen atoms in total. The van der Waals surface area contributed by atoms with Crippen LogP contribution in [0.2, 0.25) is 0 Å². The van der Waals surface area contributed by atoms with Crippen molar-refractivity contribution in [1.82, 2.24) is 0 Å². The predicted octanol–water partition coefficient (Wildman–Crippen LogP) is 2.45. The predicted molar refractivity (Wildman–Crippen MR) is 53.7 cm³/mol. The van der Waals surface area contributed by atoms with Gasteiger partial charge < -0.3 is 5.11 Å². The van der Waals surface area contributed by atoms with Gasteiger partial charge in [0.15, 0.2) is 0 Å². The molecule has 0 radical (unpaired) electrons. The molecule has 0 fully saturated rings. The van der Waals surface area contributed by atoms with Crippen LogP contribution >= 0.6 is 0 Å². The highest BCUT2D eigenvalue weighted by Gasteiger charge is 2.27. The van der Waals surface area contributed by atoms with Crippen LogP contribution in [-0.2, 0) is 4.79 Å². The molecule has 0 amide bonds. The molecule has 0 heterocycles. The van der Waals surface area contributed by atoms with E-state index < -0.39 is 39.7 Å². The Morgan fingerprint density at radius 3 is 2.24 bits per heavy atom. The molecule has 1 atom stereocenters. The second kappa shape index (κ2) is 4.86. The Labute approximate surface area is 94.8 Å². The van der Waals surface area contributed by atoms with Crippen LogP contribution in [0.4, 0.5) is 14.5 Å². The largest absolute Gasteiger partial charge is 0.481 e. The van der Waals surface area contributed by atoms with E-state index >= 15 is 0 Å². The van der Waals surface area contributed by atoms with Gasteiger partial charge in [-0.2, -0.15) is 0 Å². The second-order valence-corrected chi connectivity index (χ2v) is 3.38. The molecule has 0 saturated heterocycles. The van der Waals surface area contributed by atoms with Crippen LogP contribution in [0, 0.1) is 21.7 Å². The Morgan fingerprint density at radius 1 is 1.47 bits per heavy atom. The third-order valence-corrected chi connectivity index (χ3v) is 2.33. The Bertz CT molecular complexity index is 452. The normalized spacial score (nSPS) is 12.2. The molecule has 0 aliphatic carbocycles. The maximum atomic E-state index is 13.5. The van der Waals surface area contributed by atoms with Crippen molar-refractivity contribution < 1.29 is 23.6 Å². The molecule has 0 aliphatic rings. The number of hydrogen-bond acceptors (Lipinski definition) is 3. The number of carboxylic acids is 1. The highest BCUT2D eigenvalue weighted by atomic mass is 19.1. The first kappa shape index (κ1) is 13.0. The number of carbonyl (C=O) groups is 1. The van der Waals surface area contributed by atoms with E-state index in [0.29, 0.717) is 12.1 Å². The molecule has 0 spiro atoms. The summed E-state index contributed by atoms with van der Waals surface area (Å²) in [7, 11) is 0. The first-order valence-electron chi connectivity index (χ1n) is 4.74. The maximum Gasteiger partial charge on any atom is 0.311 e. The minimum absolute atomic E-state index is 0.0129. The molecule has 1 aromatic rings. The van der Waals surface area contributed by atoms with E-state index in [4.69, 9.17) is 5.11 Å². The van der Waals surface area contributed by atoms with Gasteiger partial charge in [0.1, 0.15) is 11.6 Å². The Kier molecular flexibility index (Phi) is 3.72. The third-order valence-electron chi connectivity index (χ3n) is 2.33. The molecule has 1 unspecified atom stereocenters. The van der Waals surface area contributed by atoms with Crippen LogP contribution < -0.4 is 0 Å². The average molecular weight is 245 g/mol. The van der Waals surface area contributed by atoms with Gasteiger partial charge in [-0.3, -0.25) is 14.9 Å². The van der Waals surface area contributed by atoms with Gasteiger partial charge in [0.25, 0.3) is 5.69 Å². The number of nitrogens with zero attached hydrogens (tertiary/aromatic N) is 1. The number of carboxylic acid groups (broad SMARTS) is 1. The summed E-state index contributed by atoms with van der Waals surface area (Å²) in [6.07, 6.45) is -0.0129. The lowest BCUT2D eigenvalue weighted by Gasteiger charge is -2.11. The molecule has 0 aliphatic heterocycles. The SMILES string of the molecule is CCC(C(=O)O)c1c(F)cc([N+](=O)[O-])cc1F. The van der Waals surface area contributed by atoms with Gasteiger partial charge in [0, 0.05) is 5.56 Å². The Balaban J connectivity index is 3.35. The number of halogens is 2. The molecule has 1 aromatic carbocycles. The van der Waals surface area contributed by atoms with Crippen molar-refractivity contribution >= 4 is 11.7 Å². The van der Waals surface area contributed by atoms with Crippen molar-refractivity contribution in [3.8, 4) is 0 Å². The first-order chi connectivity index (χ1) is 7.88. The summed E-state index contributed by atoms with van der Waals surface area (Å²) in [5.74, 6) is -5.16. The quantitative estimate of drug-likeness (QED) is 0.652. The minimum atomic E-state index is -1.38. The molecular formula is C10H9F2NO4. The van der Waals surface area contributed by atoms with E-state index in [2.05, 4.69) is 0 Å². The summed E-state index contributed by atoms with van der Waals surface area (Å²) in [4.78, 5) is 20.2. The minimum Gasteiger partial charge on any atom is -0.481 e. The Hall–Kier alpha value is -2.05. The van der Waals surface area contributed by atoms with Crippen LogP contribution in [-0.4, -0.2) is 16.0 Å². The average Bonchev–Trinajstić information content (AvgIpc) is 2.22. The van der Waals surface area contributed by atoms with Crippen molar-refractivity contribution in [2.45, 2.75) is 19.3 Å². The van der Waals surface area contributed by atoms with Gasteiger partial charge in [-0.05, 0) is 6.42 Å². The number of nitro groups is 1. The van der Waals surface area contributed by atoms with E-state index in [1.54, 1.807) is 0 Å². The highest BCUT2D eigenvalue weighted by molar-refractivity contribution is 5.76. The van der Waals surface area contributed by atoms with Crippen LogP contribution in [0.3, 0.4) is 0 Å². The van der Waals surface area contributed by atoms with E-state index in [9.17, 15) is 23.7 Å². The zero-order valence-corrected chi connectivity index (χ0v) is 8.81. The van der Waals surface area contributed by atoms with Gasteiger partial charge in [0.2, 0.25) is 0 Å². The summed E-state index contributed by atoms with van der Waals surface area (Å²) in [6.45, 7) is 1.46. The molecule has 7 heteroatoms. The Morgan fingerprint density at radius 2 is 1.94 bits per heavy atom. The van der Waals surface area contributed by atoms with Crippen molar-refractivity contribution in [2.75, 3.05) is 0 Å². The maximum absolute atomic E-state index is 13.5. The highest BCUT2D eigenvalue weighted by Crippen LogP contribution is 2.29. The first-order valence-corrected chi connectivity index (χ1v) is 4.74. The summed E-state index contributed by atoms with van der Waals surface area (Å²) in [6, 6.07) is 1.04. The van der Waals surface area contributed by atoms with Crippen LogP contribution in [0.25, 0.3) is 0 Å². The van der Waals surface area contributed by atoms with Crippen LogP contribution in [0.5, 0.6) is 0 Å². The lowest BCUT2D eigenvalue weighted by molar-refractivity contribution is -0.385. The monoisotopic (exact) mass is 245 g/mol. The van der Waals surface area contributed by atoms with Crippen molar-refractivity contribution in [2.24, 2.45) is 0 Å². The van der Waals surface area contributed by atoms with Gasteiger partial charge in [-0.1, -0.05) is 6.92 Å². The van der Waals surface area contributed by atoms with Crippen LogP contribution in [0.1, 0.15) is 24.8 Å². The van der Waals surface area contributed by atoms with Gasteiger partial charge >= 0.3 is 5.97 Å². The van der Waals surface area contributed by atoms with Gasteiger partial charge in [0.05, 0.1) is 23.0 Å². The molecule has 0 saturated carbocycles. The van der Waals surface area contributed by atoms with E-state index in [-0.39, 0.29) is 6.42 Å². The lowest BCUT2D eigenvalue weighted by atomic mass is 9.95. The fourth-order valence-corrected chi connectivity index (χ4v) is 1.51. The fraction of sp³-hybridized carbons (Fsp3) is 0.300. The summed E-state index contributed by atoms with van der Waals surface area (Å²) in [5.41, 5.74) is -1.39. The molecule has 0 bridgehead atoms. The third kappa shape index (κ3) is 2.55. The van der Waals surface area contributed by atoms with Crippen molar-refractivity contribution in [3.63, 3.8) is 0 Å². The number of aliphatic carboxylic acids is 1. The topological polar surface area (TPSA) is 80.4 Å². The summed E-state index contributed by atoms with van der Waals surface area (Å²) >= 11 is 0. The molecule has 1 rings (SSSR count). The zero-order valence-electron chi connectivity index (χ0n) is 8.81. The van der Waals surface area contributed by atoms with Crippen molar-refractivity contribution in [1.29, 1.82) is 0 Å². The smallest absolute Gasteiger partial charge is 0.311 e. The number of hydrogen-bond donors (Lipinski definition) is 1. The number of non-ortho nitro benzene ring substituents is 1. The molecule has 0 aromatic heterocycles. The number of benzene rings is 1. The molecule has 1 N–H and O–H groups in total. The zero-order chi connectivity index (χ0) is 13.2. The number of rotatable bonds is 4.